The molecule has 326 valence electrons. The Hall–Kier alpha value is -8.52. The molecular formula is C68H49N. The van der Waals surface area contributed by atoms with Crippen molar-refractivity contribution < 1.29 is 0 Å². The fourth-order valence-corrected chi connectivity index (χ4v) is 12.1. The number of rotatable bonds is 8. The van der Waals surface area contributed by atoms with Crippen LogP contribution in [0.2, 0.25) is 0 Å². The molecule has 13 rings (SSSR count). The van der Waals surface area contributed by atoms with Crippen LogP contribution in [0.4, 0.5) is 17.1 Å². The first kappa shape index (κ1) is 40.7. The van der Waals surface area contributed by atoms with Gasteiger partial charge in [0.2, 0.25) is 0 Å². The summed E-state index contributed by atoms with van der Waals surface area (Å²) in [6.45, 7) is 4.76. The minimum atomic E-state index is -0.572. The molecule has 0 bridgehead atoms. The molecule has 0 aliphatic heterocycles. The summed E-state index contributed by atoms with van der Waals surface area (Å²) >= 11 is 0. The van der Waals surface area contributed by atoms with Crippen LogP contribution in [0.5, 0.6) is 0 Å². The summed E-state index contributed by atoms with van der Waals surface area (Å²) in [6, 6.07) is 97.1. The van der Waals surface area contributed by atoms with Gasteiger partial charge in [0.15, 0.2) is 0 Å². The third kappa shape index (κ3) is 6.24. The van der Waals surface area contributed by atoms with E-state index in [1.54, 1.807) is 0 Å². The first-order valence-electron chi connectivity index (χ1n) is 24.2. The Morgan fingerprint density at radius 1 is 0.304 bits per heavy atom. The maximum atomic E-state index is 2.58. The van der Waals surface area contributed by atoms with E-state index in [2.05, 4.69) is 280 Å². The molecule has 11 aromatic carbocycles. The lowest BCUT2D eigenvalue weighted by Gasteiger charge is -2.36. The second-order valence-electron chi connectivity index (χ2n) is 19.1. The second-order valence-corrected chi connectivity index (χ2v) is 19.1. The van der Waals surface area contributed by atoms with E-state index in [9.17, 15) is 0 Å². The summed E-state index contributed by atoms with van der Waals surface area (Å²) in [4.78, 5) is 2.58. The van der Waals surface area contributed by atoms with Gasteiger partial charge in [-0.25, -0.2) is 0 Å². The van der Waals surface area contributed by atoms with Gasteiger partial charge in [-0.2, -0.15) is 0 Å². The number of fused-ring (bicyclic) bond motifs is 7. The summed E-state index contributed by atoms with van der Waals surface area (Å²) in [5.41, 5.74) is 22.6. The topological polar surface area (TPSA) is 3.24 Å². The number of benzene rings is 11. The van der Waals surface area contributed by atoms with E-state index >= 15 is 0 Å². The number of nitrogens with zero attached hydrogens (tertiary/aromatic N) is 1. The molecule has 0 atom stereocenters. The minimum Gasteiger partial charge on any atom is -0.309 e. The zero-order chi connectivity index (χ0) is 46.1. The Morgan fingerprint density at radius 2 is 0.826 bits per heavy atom. The van der Waals surface area contributed by atoms with Crippen molar-refractivity contribution in [3.8, 4) is 55.6 Å². The fraction of sp³-hybridized carbons (Fsp3) is 0.0588. The normalized spacial score (nSPS) is 13.6. The third-order valence-electron chi connectivity index (χ3n) is 15.2. The maximum absolute atomic E-state index is 2.58. The van der Waals surface area contributed by atoms with Gasteiger partial charge in [-0.15, -0.1) is 0 Å². The minimum absolute atomic E-state index is 0.163. The van der Waals surface area contributed by atoms with Gasteiger partial charge in [-0.05, 0) is 119 Å². The van der Waals surface area contributed by atoms with Crippen LogP contribution >= 0.6 is 0 Å². The second kappa shape index (κ2) is 16.1. The molecular weight excluding hydrogens is 831 g/mol. The molecule has 2 aliphatic carbocycles. The predicted molar refractivity (Wildman–Crippen MR) is 290 cm³/mol. The highest BCUT2D eigenvalue weighted by atomic mass is 15.1. The Morgan fingerprint density at radius 3 is 1.54 bits per heavy atom. The smallest absolute Gasteiger partial charge is 0.0714 e. The molecule has 2 aliphatic rings. The zero-order valence-electron chi connectivity index (χ0n) is 38.8. The molecule has 0 spiro atoms. The molecule has 0 amide bonds. The highest BCUT2D eigenvalue weighted by molar-refractivity contribution is 6.08. The van der Waals surface area contributed by atoms with Gasteiger partial charge in [0, 0.05) is 22.2 Å². The Bertz CT molecular complexity index is 3700. The Kier molecular flexibility index (Phi) is 9.49. The predicted octanol–water partition coefficient (Wildman–Crippen LogP) is 18.0. The average Bonchev–Trinajstić information content (AvgIpc) is 3.84. The van der Waals surface area contributed by atoms with Crippen LogP contribution in [0, 0.1) is 0 Å². The van der Waals surface area contributed by atoms with E-state index in [1.165, 1.54) is 94.2 Å². The van der Waals surface area contributed by atoms with E-state index in [-0.39, 0.29) is 5.41 Å². The van der Waals surface area contributed by atoms with Crippen molar-refractivity contribution in [1.29, 1.82) is 0 Å². The van der Waals surface area contributed by atoms with Crippen molar-refractivity contribution in [1.82, 2.24) is 0 Å². The molecule has 0 saturated carbocycles. The number of hydrogen-bond donors (Lipinski definition) is 0. The highest BCUT2D eigenvalue weighted by Gasteiger charge is 2.46. The zero-order valence-corrected chi connectivity index (χ0v) is 38.8. The Balaban J connectivity index is 1.15. The quantitative estimate of drug-likeness (QED) is 0.147. The summed E-state index contributed by atoms with van der Waals surface area (Å²) in [5, 5.41) is 2.42. The summed E-state index contributed by atoms with van der Waals surface area (Å²) in [6.07, 6.45) is 0. The lowest BCUT2D eigenvalue weighted by atomic mass is 9.67. The molecule has 69 heavy (non-hydrogen) atoms. The molecule has 0 saturated heterocycles. The van der Waals surface area contributed by atoms with E-state index in [1.807, 2.05) is 0 Å². The van der Waals surface area contributed by atoms with E-state index in [0.29, 0.717) is 0 Å². The third-order valence-corrected chi connectivity index (χ3v) is 15.2. The van der Waals surface area contributed by atoms with Crippen molar-refractivity contribution in [3.05, 3.63) is 294 Å². The van der Waals surface area contributed by atoms with Crippen LogP contribution in [0.25, 0.3) is 66.4 Å². The molecule has 0 unspecified atom stereocenters. The highest BCUT2D eigenvalue weighted by Crippen LogP contribution is 2.59. The maximum Gasteiger partial charge on any atom is 0.0714 e. The standard InChI is InChI=1S/C68H49N/c1-67(2)59-35-19-17-32-55(59)57-41-38-49(44-61(57)67)66-53-31-16-15-24-47(53)39-43-64(66)69(63-37-21-34-54(46-22-7-3-8-23-46)65(63)48-25-9-4-10-26-48)52-40-42-58-56-33-18-20-36-60(56)68(62(58)45-52,50-27-11-5-12-28-50)51-29-13-6-14-30-51/h3-45H,1-2H3. The van der Waals surface area contributed by atoms with E-state index in [4.69, 9.17) is 0 Å². The van der Waals surface area contributed by atoms with E-state index in [0.717, 1.165) is 22.6 Å². The van der Waals surface area contributed by atoms with E-state index < -0.39 is 5.41 Å². The molecule has 0 N–H and O–H groups in total. The summed E-state index contributed by atoms with van der Waals surface area (Å²) in [7, 11) is 0. The molecule has 1 heteroatoms. The van der Waals surface area contributed by atoms with Crippen molar-refractivity contribution >= 4 is 27.8 Å². The van der Waals surface area contributed by atoms with Crippen LogP contribution in [0.1, 0.15) is 47.2 Å². The number of hydrogen-bond acceptors (Lipinski definition) is 1. The van der Waals surface area contributed by atoms with Crippen LogP contribution in [-0.4, -0.2) is 0 Å². The van der Waals surface area contributed by atoms with Gasteiger partial charge in [-0.1, -0.05) is 244 Å². The molecule has 0 radical (unpaired) electrons. The fourth-order valence-electron chi connectivity index (χ4n) is 12.1. The summed E-state index contributed by atoms with van der Waals surface area (Å²) in [5.74, 6) is 0. The van der Waals surface area contributed by atoms with Gasteiger partial charge in [0.25, 0.3) is 0 Å². The van der Waals surface area contributed by atoms with Crippen molar-refractivity contribution in [2.75, 3.05) is 4.90 Å². The number of anilines is 3. The lowest BCUT2D eigenvalue weighted by Crippen LogP contribution is -2.28. The van der Waals surface area contributed by atoms with Crippen LogP contribution in [0.15, 0.2) is 261 Å². The first-order valence-corrected chi connectivity index (χ1v) is 24.2. The molecule has 11 aromatic rings. The summed E-state index contributed by atoms with van der Waals surface area (Å²) < 4.78 is 0. The van der Waals surface area contributed by atoms with Crippen molar-refractivity contribution in [3.63, 3.8) is 0 Å². The van der Waals surface area contributed by atoms with Gasteiger partial charge in [0.1, 0.15) is 0 Å². The largest absolute Gasteiger partial charge is 0.309 e. The first-order chi connectivity index (χ1) is 34.0. The SMILES string of the molecule is CC1(C)c2ccccc2-c2ccc(-c3c(N(c4ccc5c(c4)C(c4ccccc4)(c4ccccc4)c4ccccc4-5)c4cccc(-c5ccccc5)c4-c4ccccc4)ccc4ccccc34)cc21. The molecule has 0 fully saturated rings. The Labute approximate surface area is 405 Å². The monoisotopic (exact) mass is 879 g/mol. The van der Waals surface area contributed by atoms with Gasteiger partial charge >= 0.3 is 0 Å². The lowest BCUT2D eigenvalue weighted by molar-refractivity contribution is 0.660. The van der Waals surface area contributed by atoms with Crippen LogP contribution < -0.4 is 4.90 Å². The van der Waals surface area contributed by atoms with Crippen LogP contribution in [-0.2, 0) is 10.8 Å². The van der Waals surface area contributed by atoms with Crippen molar-refractivity contribution in [2.24, 2.45) is 0 Å². The molecule has 1 nitrogen and oxygen atoms in total. The van der Waals surface area contributed by atoms with Gasteiger partial charge < -0.3 is 4.90 Å². The van der Waals surface area contributed by atoms with Gasteiger partial charge in [0.05, 0.1) is 16.8 Å². The van der Waals surface area contributed by atoms with Gasteiger partial charge in [-0.3, -0.25) is 0 Å². The molecule has 0 heterocycles. The van der Waals surface area contributed by atoms with Crippen LogP contribution in [0.3, 0.4) is 0 Å². The van der Waals surface area contributed by atoms with Crippen molar-refractivity contribution in [2.45, 2.75) is 24.7 Å². The average molecular weight is 880 g/mol. The molecule has 0 aromatic heterocycles.